The van der Waals surface area contributed by atoms with Crippen molar-refractivity contribution in [1.82, 2.24) is 19.7 Å². The molecule has 148 valence electrons. The van der Waals surface area contributed by atoms with E-state index in [4.69, 9.17) is 0 Å². The van der Waals surface area contributed by atoms with Crippen LogP contribution >= 0.6 is 23.1 Å². The number of Topliss-reactive ketones (excluding diaryl/α,β-unsaturated/α-hetero) is 1. The van der Waals surface area contributed by atoms with Gasteiger partial charge in [-0.2, -0.15) is 0 Å². The summed E-state index contributed by atoms with van der Waals surface area (Å²) in [5.41, 5.74) is 2.46. The van der Waals surface area contributed by atoms with Crippen molar-refractivity contribution in [3.63, 3.8) is 0 Å². The molecule has 0 aliphatic heterocycles. The molecule has 0 fully saturated rings. The third kappa shape index (κ3) is 3.82. The van der Waals surface area contributed by atoms with Crippen LogP contribution in [0, 0.1) is 11.3 Å². The van der Waals surface area contributed by atoms with Gasteiger partial charge in [0.1, 0.15) is 0 Å². The van der Waals surface area contributed by atoms with Crippen molar-refractivity contribution >= 4 is 28.9 Å². The maximum absolute atomic E-state index is 12.2. The van der Waals surface area contributed by atoms with E-state index in [1.54, 1.807) is 12.3 Å². The quantitative estimate of drug-likeness (QED) is 0.471. The molecule has 0 saturated heterocycles. The number of aryl methyl sites for hydroxylation is 1. The van der Waals surface area contributed by atoms with Gasteiger partial charge >= 0.3 is 0 Å². The van der Waals surface area contributed by atoms with Crippen molar-refractivity contribution in [2.24, 2.45) is 18.4 Å². The molecule has 1 unspecified atom stereocenters. The second-order valence-corrected chi connectivity index (χ2v) is 10.6. The molecule has 3 aromatic rings. The zero-order valence-corrected chi connectivity index (χ0v) is 18.4. The van der Waals surface area contributed by atoms with Crippen molar-refractivity contribution in [3.8, 4) is 10.7 Å². The van der Waals surface area contributed by atoms with Crippen LogP contribution in [0.4, 0.5) is 0 Å². The van der Waals surface area contributed by atoms with Gasteiger partial charge in [0.05, 0.1) is 16.3 Å². The number of aromatic nitrogens is 4. The number of carbonyl (C=O) groups is 1. The second-order valence-electron chi connectivity index (χ2n) is 8.53. The second kappa shape index (κ2) is 7.52. The average Bonchev–Trinajstić information content (AvgIpc) is 3.38. The number of nitrogens with one attached hydrogen (secondary N) is 1. The third-order valence-electron chi connectivity index (χ3n) is 5.59. The fourth-order valence-corrected chi connectivity index (χ4v) is 5.76. The van der Waals surface area contributed by atoms with E-state index in [2.05, 4.69) is 42.0 Å². The zero-order chi connectivity index (χ0) is 19.9. The fraction of sp³-hybridized carbons (Fsp3) is 0.476. The van der Waals surface area contributed by atoms with Gasteiger partial charge < -0.3 is 9.55 Å². The number of H-pyrrole nitrogens is 1. The van der Waals surface area contributed by atoms with Gasteiger partial charge in [-0.05, 0) is 54.4 Å². The Morgan fingerprint density at radius 2 is 2.21 bits per heavy atom. The summed E-state index contributed by atoms with van der Waals surface area (Å²) in [6.45, 7) is 7.03. The first kappa shape index (κ1) is 19.5. The highest BCUT2D eigenvalue weighted by Crippen LogP contribution is 2.42. The van der Waals surface area contributed by atoms with Crippen molar-refractivity contribution in [2.45, 2.75) is 45.2 Å². The summed E-state index contributed by atoms with van der Waals surface area (Å²) in [6.07, 6.45) is 5.34. The van der Waals surface area contributed by atoms with E-state index in [0.717, 1.165) is 29.7 Å². The summed E-state index contributed by atoms with van der Waals surface area (Å²) in [5.74, 6) is 2.04. The first-order chi connectivity index (χ1) is 13.3. The molecule has 5 nitrogen and oxygen atoms in total. The van der Waals surface area contributed by atoms with Crippen LogP contribution in [0.5, 0.6) is 0 Å². The first-order valence-electron chi connectivity index (χ1n) is 9.63. The van der Waals surface area contributed by atoms with E-state index in [0.29, 0.717) is 16.9 Å². The number of rotatable bonds is 5. The van der Waals surface area contributed by atoms with E-state index in [9.17, 15) is 4.79 Å². The van der Waals surface area contributed by atoms with Crippen molar-refractivity contribution in [3.05, 3.63) is 40.5 Å². The maximum atomic E-state index is 12.2. The van der Waals surface area contributed by atoms with Crippen LogP contribution in [-0.4, -0.2) is 31.3 Å². The largest absolute Gasteiger partial charge is 0.359 e. The monoisotopic (exact) mass is 414 g/mol. The number of fused-ring (bicyclic) bond motifs is 1. The topological polar surface area (TPSA) is 63.6 Å². The standard InChI is InChI=1S/C21H26N4OS2/c1-21(2,3)14-7-8-17-13(10-14)11-18(28-17)19-23-24-20(25(19)4)27-12-16(26)15-6-5-9-22-15/h5-6,9,11,14,22H,7-8,10,12H2,1-4H3. The number of hydrogen-bond donors (Lipinski definition) is 1. The van der Waals surface area contributed by atoms with E-state index >= 15 is 0 Å². The van der Waals surface area contributed by atoms with Gasteiger partial charge in [0.2, 0.25) is 0 Å². The smallest absolute Gasteiger partial charge is 0.191 e. The molecule has 3 heterocycles. The van der Waals surface area contributed by atoms with Crippen LogP contribution < -0.4 is 0 Å². The maximum Gasteiger partial charge on any atom is 0.191 e. The van der Waals surface area contributed by atoms with E-state index in [-0.39, 0.29) is 5.78 Å². The number of nitrogens with zero attached hydrogens (tertiary/aromatic N) is 3. The SMILES string of the molecule is Cn1c(SCC(=O)c2ccc[nH]2)nnc1-c1cc2c(s1)CCC(C(C)(C)C)C2. The van der Waals surface area contributed by atoms with Crippen molar-refractivity contribution in [1.29, 1.82) is 0 Å². The summed E-state index contributed by atoms with van der Waals surface area (Å²) < 4.78 is 2.01. The van der Waals surface area contributed by atoms with Crippen molar-refractivity contribution < 1.29 is 4.79 Å². The average molecular weight is 415 g/mol. The first-order valence-corrected chi connectivity index (χ1v) is 11.4. The minimum Gasteiger partial charge on any atom is -0.359 e. The molecular weight excluding hydrogens is 388 g/mol. The fourth-order valence-electron chi connectivity index (χ4n) is 3.74. The molecule has 0 aromatic carbocycles. The van der Waals surface area contributed by atoms with E-state index in [1.165, 1.54) is 33.5 Å². The van der Waals surface area contributed by atoms with Crippen LogP contribution in [0.2, 0.25) is 0 Å². The normalized spacial score (nSPS) is 16.9. The minimum absolute atomic E-state index is 0.0689. The van der Waals surface area contributed by atoms with Crippen LogP contribution in [-0.2, 0) is 19.9 Å². The van der Waals surface area contributed by atoms with Crippen LogP contribution in [0.3, 0.4) is 0 Å². The molecule has 1 aliphatic carbocycles. The lowest BCUT2D eigenvalue weighted by Gasteiger charge is -2.33. The van der Waals surface area contributed by atoms with Gasteiger partial charge in [0.25, 0.3) is 0 Å². The lowest BCUT2D eigenvalue weighted by molar-refractivity contribution is 0.101. The zero-order valence-electron chi connectivity index (χ0n) is 16.8. The predicted molar refractivity (Wildman–Crippen MR) is 115 cm³/mol. The summed E-state index contributed by atoms with van der Waals surface area (Å²) in [5, 5.41) is 9.52. The van der Waals surface area contributed by atoms with E-state index in [1.807, 2.05) is 29.0 Å². The summed E-state index contributed by atoms with van der Waals surface area (Å²) in [7, 11) is 1.98. The molecule has 0 amide bonds. The van der Waals surface area contributed by atoms with Gasteiger partial charge in [-0.3, -0.25) is 4.79 Å². The van der Waals surface area contributed by atoms with Crippen LogP contribution in [0.15, 0.2) is 29.6 Å². The highest BCUT2D eigenvalue weighted by molar-refractivity contribution is 7.99. The molecule has 3 aromatic heterocycles. The molecule has 0 spiro atoms. The Bertz CT molecular complexity index is 979. The molecule has 0 radical (unpaired) electrons. The van der Waals surface area contributed by atoms with Crippen LogP contribution in [0.25, 0.3) is 10.7 Å². The van der Waals surface area contributed by atoms with Crippen LogP contribution in [0.1, 0.15) is 48.1 Å². The van der Waals surface area contributed by atoms with E-state index < -0.39 is 0 Å². The third-order valence-corrected chi connectivity index (χ3v) is 7.85. The molecule has 0 bridgehead atoms. The lowest BCUT2D eigenvalue weighted by Crippen LogP contribution is -2.26. The molecular formula is C21H26N4OS2. The molecule has 1 atom stereocenters. The lowest BCUT2D eigenvalue weighted by atomic mass is 9.72. The Balaban J connectivity index is 1.49. The molecule has 4 rings (SSSR count). The van der Waals surface area contributed by atoms with Crippen molar-refractivity contribution in [2.75, 3.05) is 5.75 Å². The van der Waals surface area contributed by atoms with Gasteiger partial charge in [0, 0.05) is 18.1 Å². The Labute approximate surface area is 174 Å². The Hall–Kier alpha value is -1.86. The number of thioether (sulfide) groups is 1. The summed E-state index contributed by atoms with van der Waals surface area (Å²) in [4.78, 5) is 17.8. The number of thiophene rings is 1. The molecule has 0 saturated carbocycles. The Kier molecular flexibility index (Phi) is 5.22. The summed E-state index contributed by atoms with van der Waals surface area (Å²) >= 11 is 3.28. The number of aromatic amines is 1. The van der Waals surface area contributed by atoms with Gasteiger partial charge in [-0.1, -0.05) is 32.5 Å². The Morgan fingerprint density at radius 1 is 1.39 bits per heavy atom. The number of carbonyl (C=O) groups excluding carboxylic acids is 1. The molecule has 1 aliphatic rings. The minimum atomic E-state index is 0.0689. The molecule has 28 heavy (non-hydrogen) atoms. The Morgan fingerprint density at radius 3 is 2.93 bits per heavy atom. The summed E-state index contributed by atoms with van der Waals surface area (Å²) in [6, 6.07) is 5.94. The highest BCUT2D eigenvalue weighted by atomic mass is 32.2. The van der Waals surface area contributed by atoms with Gasteiger partial charge in [-0.15, -0.1) is 21.5 Å². The number of hydrogen-bond acceptors (Lipinski definition) is 5. The molecule has 1 N–H and O–H groups in total. The number of ketones is 1. The predicted octanol–water partition coefficient (Wildman–Crippen LogP) is 5.00. The van der Waals surface area contributed by atoms with Gasteiger partial charge in [-0.25, -0.2) is 0 Å². The molecule has 7 heteroatoms. The van der Waals surface area contributed by atoms with Gasteiger partial charge in [0.15, 0.2) is 16.8 Å². The highest BCUT2D eigenvalue weighted by Gasteiger charge is 2.30.